The first kappa shape index (κ1) is 14.8. The SMILES string of the molecule is O=C(NC(c1ccccc1)c1ccccn1)C1CCCCC1. The fraction of sp³-hybridized carbons (Fsp3) is 0.368. The lowest BCUT2D eigenvalue weighted by atomic mass is 9.88. The van der Waals surface area contributed by atoms with Crippen molar-refractivity contribution in [3.63, 3.8) is 0 Å². The lowest BCUT2D eigenvalue weighted by Crippen LogP contribution is -2.35. The molecule has 0 spiro atoms. The number of carbonyl (C=O) groups excluding carboxylic acids is 1. The number of benzene rings is 1. The van der Waals surface area contributed by atoms with Crippen LogP contribution in [0.4, 0.5) is 0 Å². The molecule has 114 valence electrons. The van der Waals surface area contributed by atoms with Gasteiger partial charge in [0.2, 0.25) is 5.91 Å². The lowest BCUT2D eigenvalue weighted by Gasteiger charge is -2.25. The van der Waals surface area contributed by atoms with Gasteiger partial charge < -0.3 is 5.32 Å². The van der Waals surface area contributed by atoms with Crippen molar-refractivity contribution in [2.75, 3.05) is 0 Å². The number of nitrogens with zero attached hydrogens (tertiary/aromatic N) is 1. The molecule has 1 N–H and O–H groups in total. The van der Waals surface area contributed by atoms with E-state index in [1.165, 1.54) is 6.42 Å². The summed E-state index contributed by atoms with van der Waals surface area (Å²) in [6.45, 7) is 0. The topological polar surface area (TPSA) is 42.0 Å². The van der Waals surface area contributed by atoms with E-state index in [1.807, 2.05) is 48.5 Å². The molecule has 1 aromatic carbocycles. The Kier molecular flexibility index (Phi) is 4.84. The molecule has 0 saturated heterocycles. The van der Waals surface area contributed by atoms with Crippen LogP contribution in [0.1, 0.15) is 49.4 Å². The second kappa shape index (κ2) is 7.21. The Morgan fingerprint density at radius 1 is 1.00 bits per heavy atom. The highest BCUT2D eigenvalue weighted by Gasteiger charge is 2.25. The van der Waals surface area contributed by atoms with Crippen LogP contribution in [0.2, 0.25) is 0 Å². The first-order chi connectivity index (χ1) is 10.8. The van der Waals surface area contributed by atoms with E-state index in [4.69, 9.17) is 0 Å². The molecule has 3 heteroatoms. The van der Waals surface area contributed by atoms with Gasteiger partial charge in [-0.25, -0.2) is 0 Å². The van der Waals surface area contributed by atoms with Crippen molar-refractivity contribution in [2.45, 2.75) is 38.1 Å². The molecule has 1 aliphatic carbocycles. The number of hydrogen-bond donors (Lipinski definition) is 1. The molecule has 0 radical (unpaired) electrons. The second-order valence-corrected chi connectivity index (χ2v) is 5.94. The molecule has 3 rings (SSSR count). The normalized spacial score (nSPS) is 16.9. The Morgan fingerprint density at radius 3 is 2.41 bits per heavy atom. The Morgan fingerprint density at radius 2 is 1.73 bits per heavy atom. The van der Waals surface area contributed by atoms with Crippen LogP contribution in [0.5, 0.6) is 0 Å². The van der Waals surface area contributed by atoms with Gasteiger partial charge in [0.05, 0.1) is 11.7 Å². The average Bonchev–Trinajstić information content (AvgIpc) is 2.62. The Balaban J connectivity index is 1.81. The average molecular weight is 294 g/mol. The smallest absolute Gasteiger partial charge is 0.223 e. The second-order valence-electron chi connectivity index (χ2n) is 5.94. The third-order valence-electron chi connectivity index (χ3n) is 4.38. The molecular weight excluding hydrogens is 272 g/mol. The van der Waals surface area contributed by atoms with Crippen LogP contribution in [0.15, 0.2) is 54.7 Å². The van der Waals surface area contributed by atoms with Gasteiger partial charge in [0.1, 0.15) is 0 Å². The monoisotopic (exact) mass is 294 g/mol. The van der Waals surface area contributed by atoms with E-state index in [0.717, 1.165) is 36.9 Å². The van der Waals surface area contributed by atoms with Crippen LogP contribution >= 0.6 is 0 Å². The van der Waals surface area contributed by atoms with Gasteiger partial charge in [-0.2, -0.15) is 0 Å². The summed E-state index contributed by atoms with van der Waals surface area (Å²) in [4.78, 5) is 17.1. The predicted octanol–water partition coefficient (Wildman–Crippen LogP) is 3.87. The molecule has 2 aromatic rings. The van der Waals surface area contributed by atoms with E-state index in [9.17, 15) is 4.79 Å². The van der Waals surface area contributed by atoms with E-state index in [-0.39, 0.29) is 17.9 Å². The number of aromatic nitrogens is 1. The van der Waals surface area contributed by atoms with E-state index in [1.54, 1.807) is 6.20 Å². The van der Waals surface area contributed by atoms with Crippen LogP contribution in [-0.2, 0) is 4.79 Å². The minimum Gasteiger partial charge on any atom is -0.343 e. The number of nitrogens with one attached hydrogen (secondary N) is 1. The van der Waals surface area contributed by atoms with Crippen LogP contribution in [0.25, 0.3) is 0 Å². The van der Waals surface area contributed by atoms with Gasteiger partial charge in [-0.3, -0.25) is 9.78 Å². The Hall–Kier alpha value is -2.16. The standard InChI is InChI=1S/C19H22N2O/c22-19(16-11-5-2-6-12-16)21-18(15-9-3-1-4-10-15)17-13-7-8-14-20-17/h1,3-4,7-10,13-14,16,18H,2,5-6,11-12H2,(H,21,22). The van der Waals surface area contributed by atoms with Crippen LogP contribution in [-0.4, -0.2) is 10.9 Å². The molecule has 0 bridgehead atoms. The fourth-order valence-corrected chi connectivity index (χ4v) is 3.15. The molecule has 1 unspecified atom stereocenters. The zero-order valence-corrected chi connectivity index (χ0v) is 12.7. The van der Waals surface area contributed by atoms with Gasteiger partial charge in [-0.1, -0.05) is 55.7 Å². The maximum atomic E-state index is 12.6. The first-order valence-electron chi connectivity index (χ1n) is 8.11. The highest BCUT2D eigenvalue weighted by molar-refractivity contribution is 5.79. The van der Waals surface area contributed by atoms with Crippen molar-refractivity contribution in [1.82, 2.24) is 10.3 Å². The molecule has 3 nitrogen and oxygen atoms in total. The summed E-state index contributed by atoms with van der Waals surface area (Å²) in [5, 5.41) is 3.22. The van der Waals surface area contributed by atoms with E-state index >= 15 is 0 Å². The maximum Gasteiger partial charge on any atom is 0.223 e. The summed E-state index contributed by atoms with van der Waals surface area (Å²) in [5.41, 5.74) is 1.96. The van der Waals surface area contributed by atoms with Crippen molar-refractivity contribution in [1.29, 1.82) is 0 Å². The number of pyridine rings is 1. The molecule has 0 aliphatic heterocycles. The Bertz CT molecular complexity index is 552. The molecular formula is C19H22N2O. The van der Waals surface area contributed by atoms with Gasteiger partial charge >= 0.3 is 0 Å². The highest BCUT2D eigenvalue weighted by Crippen LogP contribution is 2.26. The van der Waals surface area contributed by atoms with E-state index in [0.29, 0.717) is 0 Å². The van der Waals surface area contributed by atoms with Crippen LogP contribution < -0.4 is 5.32 Å². The third kappa shape index (κ3) is 3.53. The minimum atomic E-state index is -0.170. The van der Waals surface area contributed by atoms with Gasteiger partial charge in [0.25, 0.3) is 0 Å². The minimum absolute atomic E-state index is 0.156. The van der Waals surface area contributed by atoms with Crippen LogP contribution in [0, 0.1) is 5.92 Å². The van der Waals surface area contributed by atoms with E-state index in [2.05, 4.69) is 10.3 Å². The Labute approximate surface area is 131 Å². The number of amides is 1. The van der Waals surface area contributed by atoms with Gasteiger partial charge in [0.15, 0.2) is 0 Å². The van der Waals surface area contributed by atoms with E-state index < -0.39 is 0 Å². The summed E-state index contributed by atoms with van der Waals surface area (Å²) >= 11 is 0. The summed E-state index contributed by atoms with van der Waals surface area (Å²) in [6.07, 6.45) is 7.38. The van der Waals surface area contributed by atoms with Crippen molar-refractivity contribution < 1.29 is 4.79 Å². The molecule has 22 heavy (non-hydrogen) atoms. The zero-order valence-electron chi connectivity index (χ0n) is 12.7. The quantitative estimate of drug-likeness (QED) is 0.930. The number of rotatable bonds is 4. The largest absolute Gasteiger partial charge is 0.343 e. The summed E-state index contributed by atoms with van der Waals surface area (Å²) in [5.74, 6) is 0.322. The summed E-state index contributed by atoms with van der Waals surface area (Å²) < 4.78 is 0. The molecule has 1 fully saturated rings. The fourth-order valence-electron chi connectivity index (χ4n) is 3.15. The van der Waals surface area contributed by atoms with Crippen molar-refractivity contribution in [2.24, 2.45) is 5.92 Å². The predicted molar refractivity (Wildman–Crippen MR) is 87.2 cm³/mol. The first-order valence-corrected chi connectivity index (χ1v) is 8.11. The molecule has 1 aromatic heterocycles. The van der Waals surface area contributed by atoms with Crippen molar-refractivity contribution in [3.05, 3.63) is 66.0 Å². The summed E-state index contributed by atoms with van der Waals surface area (Å²) in [6, 6.07) is 15.7. The number of hydrogen-bond acceptors (Lipinski definition) is 2. The lowest BCUT2D eigenvalue weighted by molar-refractivity contribution is -0.126. The van der Waals surface area contributed by atoms with Crippen molar-refractivity contribution in [3.8, 4) is 0 Å². The van der Waals surface area contributed by atoms with Gasteiger partial charge in [-0.05, 0) is 30.5 Å². The van der Waals surface area contributed by atoms with Crippen LogP contribution in [0.3, 0.4) is 0 Å². The van der Waals surface area contributed by atoms with Gasteiger partial charge in [0, 0.05) is 12.1 Å². The third-order valence-corrected chi connectivity index (χ3v) is 4.38. The molecule has 1 heterocycles. The van der Waals surface area contributed by atoms with Crippen molar-refractivity contribution >= 4 is 5.91 Å². The molecule has 1 aliphatic rings. The number of carbonyl (C=O) groups is 1. The zero-order chi connectivity index (χ0) is 15.2. The maximum absolute atomic E-state index is 12.6. The highest BCUT2D eigenvalue weighted by atomic mass is 16.1. The molecule has 1 saturated carbocycles. The molecule has 1 amide bonds. The summed E-state index contributed by atoms with van der Waals surface area (Å²) in [7, 11) is 0. The molecule has 1 atom stereocenters. The van der Waals surface area contributed by atoms with Gasteiger partial charge in [-0.15, -0.1) is 0 Å².